The first-order valence-corrected chi connectivity index (χ1v) is 13.4. The van der Waals surface area contributed by atoms with Crippen LogP contribution in [0.4, 0.5) is 0 Å². The van der Waals surface area contributed by atoms with Crippen molar-refractivity contribution in [2.24, 2.45) is 0 Å². The molecule has 1 N–H and O–H groups in total. The van der Waals surface area contributed by atoms with Crippen LogP contribution >= 0.6 is 38.5 Å². The predicted molar refractivity (Wildman–Crippen MR) is 117 cm³/mol. The smallest absolute Gasteiger partial charge is 0.375 e. The maximum absolute atomic E-state index is 13.8. The van der Waals surface area contributed by atoms with Crippen molar-refractivity contribution in [1.29, 1.82) is 0 Å². The summed E-state index contributed by atoms with van der Waals surface area (Å²) in [6, 6.07) is 4.57. The summed E-state index contributed by atoms with van der Waals surface area (Å²) in [5.41, 5.74) is 0. The van der Waals surface area contributed by atoms with Crippen molar-refractivity contribution in [2.45, 2.75) is 39.5 Å². The summed E-state index contributed by atoms with van der Waals surface area (Å²) in [5, 5.41) is 10.7. The average molecular weight is 475 g/mol. The van der Waals surface area contributed by atoms with Crippen molar-refractivity contribution in [3.63, 3.8) is 0 Å². The van der Waals surface area contributed by atoms with Crippen molar-refractivity contribution < 1.29 is 32.3 Å². The van der Waals surface area contributed by atoms with E-state index in [0.29, 0.717) is 9.92 Å². The lowest BCUT2D eigenvalue weighted by Gasteiger charge is -2.30. The molecule has 0 saturated carbocycles. The fourth-order valence-electron chi connectivity index (χ4n) is 2.20. The van der Waals surface area contributed by atoms with E-state index in [4.69, 9.17) is 34.2 Å². The molecule has 1 aromatic carbocycles. The van der Waals surface area contributed by atoms with Crippen LogP contribution in [0.3, 0.4) is 0 Å². The highest BCUT2D eigenvalue weighted by atomic mass is 35.5. The number of hydrogen-bond acceptors (Lipinski definition) is 8. The minimum atomic E-state index is -3.84. The molecule has 1 rings (SSSR count). The summed E-state index contributed by atoms with van der Waals surface area (Å²) in [5.74, 6) is -0.0333. The van der Waals surface area contributed by atoms with Crippen LogP contribution in [0.2, 0.25) is 5.02 Å². The molecule has 0 aliphatic carbocycles. The lowest BCUT2D eigenvalue weighted by Crippen LogP contribution is -2.13. The number of phenolic OH excluding ortho intramolecular Hbond substituents is 1. The molecule has 162 valence electrons. The minimum absolute atomic E-state index is 0.0333. The molecular weight excluding hydrogens is 446 g/mol. The Bertz CT molecular complexity index is 696. The van der Waals surface area contributed by atoms with Gasteiger partial charge in [0.25, 0.3) is 7.57 Å². The molecule has 11 heteroatoms. The molecule has 0 radical (unpaired) electrons. The van der Waals surface area contributed by atoms with Crippen LogP contribution in [0, 0.1) is 0 Å². The first kappa shape index (κ1) is 26.0. The topological polar surface area (TPSA) is 83.5 Å². The van der Waals surface area contributed by atoms with Crippen LogP contribution in [0.5, 0.6) is 5.75 Å². The molecule has 0 spiro atoms. The molecule has 0 aliphatic rings. The van der Waals surface area contributed by atoms with Gasteiger partial charge in [-0.1, -0.05) is 23.4 Å². The molecule has 0 fully saturated rings. The molecule has 28 heavy (non-hydrogen) atoms. The van der Waals surface area contributed by atoms with Gasteiger partial charge in [0, 0.05) is 5.02 Å². The second kappa shape index (κ2) is 12.6. The van der Waals surface area contributed by atoms with Gasteiger partial charge in [0.15, 0.2) is 4.37 Å². The fourth-order valence-corrected chi connectivity index (χ4v) is 9.89. The summed E-state index contributed by atoms with van der Waals surface area (Å²) in [4.78, 5) is 0.366. The molecule has 0 unspecified atom stereocenters. The third kappa shape index (κ3) is 6.76. The van der Waals surface area contributed by atoms with E-state index in [1.54, 1.807) is 46.8 Å². The first-order valence-electron chi connectivity index (χ1n) is 9.08. The number of rotatable bonds is 13. The minimum Gasteiger partial charge on any atom is -0.507 e. The second-order valence-electron chi connectivity index (χ2n) is 5.08. The Labute approximate surface area is 176 Å². The number of thioether (sulfide) groups is 1. The van der Waals surface area contributed by atoms with Gasteiger partial charge < -0.3 is 27.7 Å². The molecule has 0 aliphatic heterocycles. The highest BCUT2D eigenvalue weighted by molar-refractivity contribution is 8.32. The van der Waals surface area contributed by atoms with Crippen LogP contribution < -0.4 is 0 Å². The zero-order valence-electron chi connectivity index (χ0n) is 16.8. The van der Waals surface area contributed by atoms with E-state index < -0.39 is 15.2 Å². The maximum Gasteiger partial charge on any atom is 0.375 e. The standard InChI is InChI=1S/C17H29ClO7P2S/c1-6-21-26(20,22-7-2)17(27(23-8-3,24-9-4)25-10-5)28-16-13-14(18)11-12-15(16)19/h11-13,19H,6-10H2,1-5H3. The predicted octanol–water partition coefficient (Wildman–Crippen LogP) is 6.36. The Balaban J connectivity index is 3.81. The third-order valence-electron chi connectivity index (χ3n) is 3.09. The van der Waals surface area contributed by atoms with Gasteiger partial charge in [0.1, 0.15) is 5.75 Å². The van der Waals surface area contributed by atoms with Gasteiger partial charge in [-0.25, -0.2) is 0 Å². The first-order chi connectivity index (χ1) is 13.3. The van der Waals surface area contributed by atoms with Crippen LogP contribution in [-0.2, 0) is 27.2 Å². The quantitative estimate of drug-likeness (QED) is 0.261. The van der Waals surface area contributed by atoms with E-state index >= 15 is 0 Å². The molecule has 0 aromatic heterocycles. The SMILES string of the molecule is CCOP(=O)(OCC)C(Sc1cc(Cl)ccc1O)=P(OCC)(OCC)OCC. The molecular formula is C17H29ClO7P2S. The zero-order chi connectivity index (χ0) is 21.2. The van der Waals surface area contributed by atoms with Gasteiger partial charge in [-0.05, 0) is 52.8 Å². The van der Waals surface area contributed by atoms with E-state index in [-0.39, 0.29) is 43.2 Å². The summed E-state index contributed by atoms with van der Waals surface area (Å²) in [7, 11) is -7.12. The summed E-state index contributed by atoms with van der Waals surface area (Å²) in [6.45, 7) is 9.88. The Morgan fingerprint density at radius 1 is 0.929 bits per heavy atom. The van der Waals surface area contributed by atoms with E-state index in [9.17, 15) is 9.67 Å². The van der Waals surface area contributed by atoms with Crippen LogP contribution in [0.25, 0.3) is 0 Å². The fraction of sp³-hybridized carbons (Fsp3) is 0.588. The Hall–Kier alpha value is -0.0100. The number of aromatic hydroxyl groups is 1. The molecule has 0 saturated heterocycles. The van der Waals surface area contributed by atoms with Crippen molar-refractivity contribution >= 4 is 42.9 Å². The van der Waals surface area contributed by atoms with E-state index in [1.807, 2.05) is 0 Å². The lowest BCUT2D eigenvalue weighted by atomic mass is 10.3. The number of halogens is 1. The van der Waals surface area contributed by atoms with E-state index in [0.717, 1.165) is 11.8 Å². The second-order valence-corrected chi connectivity index (χ2v) is 11.7. The molecule has 0 heterocycles. The Kier molecular flexibility index (Phi) is 11.7. The Morgan fingerprint density at radius 2 is 1.39 bits per heavy atom. The van der Waals surface area contributed by atoms with Crippen LogP contribution in [-0.4, -0.2) is 42.5 Å². The van der Waals surface area contributed by atoms with Crippen molar-refractivity contribution in [2.75, 3.05) is 33.0 Å². The highest BCUT2D eigenvalue weighted by Crippen LogP contribution is 2.68. The van der Waals surface area contributed by atoms with Gasteiger partial charge in [-0.15, -0.1) is 0 Å². The molecule has 0 bridgehead atoms. The van der Waals surface area contributed by atoms with Gasteiger partial charge in [-0.2, -0.15) is 0 Å². The largest absolute Gasteiger partial charge is 0.507 e. The van der Waals surface area contributed by atoms with Crippen LogP contribution in [0.15, 0.2) is 23.1 Å². The number of phenols is 1. The highest BCUT2D eigenvalue weighted by Gasteiger charge is 2.43. The number of benzene rings is 1. The zero-order valence-corrected chi connectivity index (χ0v) is 20.2. The molecule has 0 amide bonds. The Morgan fingerprint density at radius 3 is 1.82 bits per heavy atom. The van der Waals surface area contributed by atoms with E-state index in [2.05, 4.69) is 0 Å². The van der Waals surface area contributed by atoms with E-state index in [1.165, 1.54) is 6.07 Å². The van der Waals surface area contributed by atoms with Crippen LogP contribution in [0.1, 0.15) is 34.6 Å². The van der Waals surface area contributed by atoms with Crippen molar-refractivity contribution in [1.82, 2.24) is 0 Å². The molecule has 0 atom stereocenters. The molecule has 7 nitrogen and oxygen atoms in total. The summed E-state index contributed by atoms with van der Waals surface area (Å²) >= 11 is 7.07. The van der Waals surface area contributed by atoms with Crippen molar-refractivity contribution in [3.8, 4) is 5.75 Å². The van der Waals surface area contributed by atoms with Gasteiger partial charge in [-0.3, -0.25) is 4.57 Å². The lowest BCUT2D eigenvalue weighted by molar-refractivity contribution is 0.170. The summed E-state index contributed by atoms with van der Waals surface area (Å²) < 4.78 is 42.8. The molecule has 1 aromatic rings. The van der Waals surface area contributed by atoms with Gasteiger partial charge in [0.2, 0.25) is 0 Å². The normalized spacial score (nSPS) is 12.4. The van der Waals surface area contributed by atoms with Gasteiger partial charge >= 0.3 is 7.60 Å². The maximum atomic E-state index is 13.8. The van der Waals surface area contributed by atoms with Gasteiger partial charge in [0.05, 0.1) is 37.9 Å². The average Bonchev–Trinajstić information content (AvgIpc) is 2.63. The summed E-state index contributed by atoms with van der Waals surface area (Å²) in [6.07, 6.45) is 0. The number of hydrogen-bond donors (Lipinski definition) is 1. The van der Waals surface area contributed by atoms with Crippen molar-refractivity contribution in [3.05, 3.63) is 23.2 Å². The third-order valence-corrected chi connectivity index (χ3v) is 11.3. The monoisotopic (exact) mass is 474 g/mol.